The summed E-state index contributed by atoms with van der Waals surface area (Å²) < 4.78 is 11.0. The highest BCUT2D eigenvalue weighted by Gasteiger charge is 2.18. The number of aromatic nitrogens is 2. The van der Waals surface area contributed by atoms with Crippen molar-refractivity contribution in [3.8, 4) is 17.0 Å². The molecule has 152 valence electrons. The van der Waals surface area contributed by atoms with E-state index in [0.29, 0.717) is 17.7 Å². The molecule has 0 unspecified atom stereocenters. The lowest BCUT2D eigenvalue weighted by molar-refractivity contribution is 0.0603. The molecule has 0 atom stereocenters. The van der Waals surface area contributed by atoms with Crippen LogP contribution in [-0.2, 0) is 11.3 Å². The van der Waals surface area contributed by atoms with E-state index in [-0.39, 0.29) is 0 Å². The smallest absolute Gasteiger partial charge is 0.340 e. The third-order valence-electron chi connectivity index (χ3n) is 5.25. The molecule has 3 aromatic carbocycles. The number of hydrogen-bond donors (Lipinski definition) is 1. The Morgan fingerprint density at radius 3 is 2.42 bits per heavy atom. The number of methoxy groups -OCH3 is 1. The molecule has 0 amide bonds. The zero-order chi connectivity index (χ0) is 21.2. The largest absolute Gasteiger partial charge is 0.489 e. The molecule has 2 aromatic heterocycles. The second-order valence-corrected chi connectivity index (χ2v) is 7.24. The molecule has 0 saturated carbocycles. The summed E-state index contributed by atoms with van der Waals surface area (Å²) in [6, 6.07) is 27.4. The van der Waals surface area contributed by atoms with E-state index >= 15 is 0 Å². The fraction of sp³-hybridized carbons (Fsp3) is 0.0769. The van der Waals surface area contributed by atoms with Crippen LogP contribution in [0.4, 0.5) is 0 Å². The zero-order valence-electron chi connectivity index (χ0n) is 17.0. The van der Waals surface area contributed by atoms with Gasteiger partial charge >= 0.3 is 5.97 Å². The van der Waals surface area contributed by atoms with Gasteiger partial charge in [0.15, 0.2) is 0 Å². The Hall–Kier alpha value is -4.12. The Kier molecular flexibility index (Phi) is 4.84. The minimum atomic E-state index is -0.406. The third-order valence-corrected chi connectivity index (χ3v) is 5.25. The maximum absolute atomic E-state index is 12.5. The molecule has 0 spiro atoms. The molecule has 1 N–H and O–H groups in total. The lowest BCUT2D eigenvalue weighted by Crippen LogP contribution is -2.03. The van der Waals surface area contributed by atoms with Crippen LogP contribution in [0.3, 0.4) is 0 Å². The van der Waals surface area contributed by atoms with Crippen LogP contribution in [0.2, 0.25) is 0 Å². The van der Waals surface area contributed by atoms with Crippen molar-refractivity contribution in [1.29, 1.82) is 0 Å². The lowest BCUT2D eigenvalue weighted by Gasteiger charge is -2.06. The minimum Gasteiger partial charge on any atom is -0.489 e. The molecule has 5 rings (SSSR count). The number of carbonyl (C=O) groups excluding carboxylic acids is 1. The maximum atomic E-state index is 12.5. The summed E-state index contributed by atoms with van der Waals surface area (Å²) in [4.78, 5) is 20.7. The Bertz CT molecular complexity index is 1380. The van der Waals surface area contributed by atoms with Gasteiger partial charge < -0.3 is 14.5 Å². The number of benzene rings is 3. The number of ether oxygens (including phenoxy) is 2. The van der Waals surface area contributed by atoms with Crippen LogP contribution in [0.15, 0.2) is 84.9 Å². The summed E-state index contributed by atoms with van der Waals surface area (Å²) in [6.45, 7) is 0.483. The van der Waals surface area contributed by atoms with E-state index in [4.69, 9.17) is 14.5 Å². The van der Waals surface area contributed by atoms with Crippen molar-refractivity contribution in [3.05, 3.63) is 96.1 Å². The number of rotatable bonds is 5. The number of pyridine rings is 1. The number of fused-ring (bicyclic) bond motifs is 3. The van der Waals surface area contributed by atoms with Crippen molar-refractivity contribution >= 4 is 27.9 Å². The highest BCUT2D eigenvalue weighted by atomic mass is 16.5. The van der Waals surface area contributed by atoms with Crippen molar-refractivity contribution in [2.45, 2.75) is 6.61 Å². The minimum absolute atomic E-state index is 0.406. The quantitative estimate of drug-likeness (QED) is 0.376. The van der Waals surface area contributed by atoms with Crippen molar-refractivity contribution in [1.82, 2.24) is 9.97 Å². The van der Waals surface area contributed by atoms with E-state index in [1.807, 2.05) is 78.9 Å². The van der Waals surface area contributed by atoms with Gasteiger partial charge in [-0.15, -0.1) is 0 Å². The second-order valence-electron chi connectivity index (χ2n) is 7.24. The van der Waals surface area contributed by atoms with Crippen molar-refractivity contribution in [3.63, 3.8) is 0 Å². The molecule has 0 fully saturated rings. The molecule has 0 radical (unpaired) electrons. The predicted molar refractivity (Wildman–Crippen MR) is 121 cm³/mol. The molecule has 0 aliphatic rings. The number of nitrogens with one attached hydrogen (secondary N) is 1. The summed E-state index contributed by atoms with van der Waals surface area (Å²) in [7, 11) is 1.38. The first-order chi connectivity index (χ1) is 15.2. The van der Waals surface area contributed by atoms with Crippen LogP contribution in [0, 0.1) is 0 Å². The van der Waals surface area contributed by atoms with Crippen LogP contribution in [-0.4, -0.2) is 23.0 Å². The molecule has 5 heteroatoms. The van der Waals surface area contributed by atoms with Crippen LogP contribution >= 0.6 is 0 Å². The number of hydrogen-bond acceptors (Lipinski definition) is 4. The van der Waals surface area contributed by atoms with Gasteiger partial charge in [0.1, 0.15) is 12.4 Å². The standard InChI is InChI=1S/C26H20N2O3/c1-30-26(29)21-15-22(18-10-6-3-7-11-18)27-24-20-13-12-19(14-23(20)28-25(21)24)31-16-17-8-4-2-5-9-17/h2-15,28H,16H2,1H3. The molecule has 5 aromatic rings. The van der Waals surface area contributed by atoms with Gasteiger partial charge in [-0.05, 0) is 23.8 Å². The molecule has 0 aliphatic carbocycles. The Balaban J connectivity index is 1.60. The molecule has 2 heterocycles. The van der Waals surface area contributed by atoms with Crippen LogP contribution in [0.1, 0.15) is 15.9 Å². The molecule has 0 saturated heterocycles. The summed E-state index contributed by atoms with van der Waals surface area (Å²) >= 11 is 0. The van der Waals surface area contributed by atoms with Gasteiger partial charge in [0, 0.05) is 17.0 Å². The van der Waals surface area contributed by atoms with E-state index in [9.17, 15) is 4.79 Å². The summed E-state index contributed by atoms with van der Waals surface area (Å²) in [5.41, 5.74) is 5.44. The first-order valence-corrected chi connectivity index (χ1v) is 10.00. The first-order valence-electron chi connectivity index (χ1n) is 10.00. The molecular weight excluding hydrogens is 388 g/mol. The van der Waals surface area contributed by atoms with Crippen LogP contribution in [0.25, 0.3) is 33.2 Å². The third kappa shape index (κ3) is 3.62. The monoisotopic (exact) mass is 408 g/mol. The highest BCUT2D eigenvalue weighted by Crippen LogP contribution is 2.32. The van der Waals surface area contributed by atoms with E-state index in [2.05, 4.69) is 4.98 Å². The first kappa shape index (κ1) is 18.9. The van der Waals surface area contributed by atoms with Gasteiger partial charge in [0.25, 0.3) is 0 Å². The Morgan fingerprint density at radius 2 is 1.68 bits per heavy atom. The summed E-state index contributed by atoms with van der Waals surface area (Å²) in [5.74, 6) is 0.336. The normalized spacial score (nSPS) is 11.0. The topological polar surface area (TPSA) is 64.2 Å². The maximum Gasteiger partial charge on any atom is 0.340 e. The number of aromatic amines is 1. The van der Waals surface area contributed by atoms with Crippen molar-refractivity contribution < 1.29 is 14.3 Å². The molecule has 5 nitrogen and oxygen atoms in total. The molecular formula is C26H20N2O3. The fourth-order valence-electron chi connectivity index (χ4n) is 3.69. The van der Waals surface area contributed by atoms with Gasteiger partial charge in [-0.3, -0.25) is 0 Å². The van der Waals surface area contributed by atoms with Crippen molar-refractivity contribution in [2.75, 3.05) is 7.11 Å². The van der Waals surface area contributed by atoms with Gasteiger partial charge in [-0.25, -0.2) is 9.78 Å². The van der Waals surface area contributed by atoms with E-state index in [0.717, 1.165) is 39.0 Å². The molecule has 31 heavy (non-hydrogen) atoms. The van der Waals surface area contributed by atoms with Crippen LogP contribution < -0.4 is 4.74 Å². The van der Waals surface area contributed by atoms with Gasteiger partial charge in [0.2, 0.25) is 0 Å². The number of carbonyl (C=O) groups is 1. The average Bonchev–Trinajstić information content (AvgIpc) is 3.20. The second kappa shape index (κ2) is 7.95. The lowest BCUT2D eigenvalue weighted by atomic mass is 10.1. The van der Waals surface area contributed by atoms with E-state index < -0.39 is 5.97 Å². The molecule has 0 aliphatic heterocycles. The van der Waals surface area contributed by atoms with Gasteiger partial charge in [0.05, 0.1) is 34.9 Å². The molecule has 0 bridgehead atoms. The fourth-order valence-corrected chi connectivity index (χ4v) is 3.69. The SMILES string of the molecule is COC(=O)c1cc(-c2ccccc2)nc2c1[nH]c1cc(OCc3ccccc3)ccc12. The summed E-state index contributed by atoms with van der Waals surface area (Å²) in [5, 5.41) is 0.921. The van der Waals surface area contributed by atoms with Gasteiger partial charge in [-0.2, -0.15) is 0 Å². The Labute approximate surface area is 179 Å². The average molecular weight is 408 g/mol. The van der Waals surface area contributed by atoms with E-state index in [1.54, 1.807) is 6.07 Å². The number of nitrogens with zero attached hydrogens (tertiary/aromatic N) is 1. The number of esters is 1. The Morgan fingerprint density at radius 1 is 0.935 bits per heavy atom. The summed E-state index contributed by atoms with van der Waals surface area (Å²) in [6.07, 6.45) is 0. The van der Waals surface area contributed by atoms with E-state index in [1.165, 1.54) is 7.11 Å². The van der Waals surface area contributed by atoms with Crippen molar-refractivity contribution in [2.24, 2.45) is 0 Å². The number of H-pyrrole nitrogens is 1. The zero-order valence-corrected chi connectivity index (χ0v) is 17.0. The van der Waals surface area contributed by atoms with Crippen LogP contribution in [0.5, 0.6) is 5.75 Å². The highest BCUT2D eigenvalue weighted by molar-refractivity contribution is 6.13. The van der Waals surface area contributed by atoms with Gasteiger partial charge in [-0.1, -0.05) is 60.7 Å². The predicted octanol–water partition coefficient (Wildman–Crippen LogP) is 5.75.